The van der Waals surface area contributed by atoms with Gasteiger partial charge in [0.05, 0.1) is 30.3 Å². The highest BCUT2D eigenvalue weighted by Crippen LogP contribution is 2.32. The third-order valence-electron chi connectivity index (χ3n) is 4.81. The fourth-order valence-corrected chi connectivity index (χ4v) is 4.77. The van der Waals surface area contributed by atoms with E-state index in [0.717, 1.165) is 24.2 Å². The Morgan fingerprint density at radius 1 is 1.46 bits per heavy atom. The molecule has 2 heterocycles. The SMILES string of the molecule is COCCn1c(CN(C)[C@H](C)c2ccon2)cnc1S(=O)(=O)CC1CC1. The molecule has 0 spiro atoms. The molecule has 1 aliphatic carbocycles. The Kier molecular flexibility index (Phi) is 5.79. The van der Waals surface area contributed by atoms with Crippen LogP contribution in [0.15, 0.2) is 28.2 Å². The lowest BCUT2D eigenvalue weighted by Gasteiger charge is -2.23. The van der Waals surface area contributed by atoms with E-state index < -0.39 is 9.84 Å². The van der Waals surface area contributed by atoms with Gasteiger partial charge in [0, 0.05) is 26.3 Å². The quantitative estimate of drug-likeness (QED) is 0.620. The van der Waals surface area contributed by atoms with Gasteiger partial charge in [-0.3, -0.25) is 4.90 Å². The maximum atomic E-state index is 12.7. The van der Waals surface area contributed by atoms with Gasteiger partial charge in [-0.05, 0) is 32.7 Å². The topological polar surface area (TPSA) is 90.5 Å². The summed E-state index contributed by atoms with van der Waals surface area (Å²) >= 11 is 0. The maximum absolute atomic E-state index is 12.7. The van der Waals surface area contributed by atoms with Crippen molar-refractivity contribution < 1.29 is 17.7 Å². The molecule has 0 aromatic carbocycles. The molecular formula is C17H26N4O4S. The summed E-state index contributed by atoms with van der Waals surface area (Å²) in [5.41, 5.74) is 1.67. The van der Waals surface area contributed by atoms with Crippen LogP contribution >= 0.6 is 0 Å². The monoisotopic (exact) mass is 382 g/mol. The predicted octanol–water partition coefficient (Wildman–Crippen LogP) is 1.89. The Hall–Kier alpha value is -1.71. The van der Waals surface area contributed by atoms with Crippen molar-refractivity contribution in [1.82, 2.24) is 19.6 Å². The number of aromatic nitrogens is 3. The third-order valence-corrected chi connectivity index (χ3v) is 6.60. The number of nitrogens with zero attached hydrogens (tertiary/aromatic N) is 4. The first-order valence-corrected chi connectivity index (χ1v) is 10.4. The van der Waals surface area contributed by atoms with Crippen LogP contribution < -0.4 is 0 Å². The second-order valence-electron chi connectivity index (χ2n) is 6.92. The minimum absolute atomic E-state index is 0.0334. The number of methoxy groups -OCH3 is 1. The molecule has 9 heteroatoms. The van der Waals surface area contributed by atoms with E-state index in [1.165, 1.54) is 0 Å². The van der Waals surface area contributed by atoms with E-state index in [-0.39, 0.29) is 22.9 Å². The van der Waals surface area contributed by atoms with E-state index in [4.69, 9.17) is 9.26 Å². The average Bonchev–Trinajstić information content (AvgIpc) is 3.10. The van der Waals surface area contributed by atoms with Crippen LogP contribution in [0.2, 0.25) is 0 Å². The highest BCUT2D eigenvalue weighted by Gasteiger charge is 2.32. The highest BCUT2D eigenvalue weighted by molar-refractivity contribution is 7.91. The number of hydrogen-bond acceptors (Lipinski definition) is 7. The molecule has 0 unspecified atom stereocenters. The second kappa shape index (κ2) is 7.89. The van der Waals surface area contributed by atoms with E-state index in [9.17, 15) is 8.42 Å². The molecule has 1 saturated carbocycles. The van der Waals surface area contributed by atoms with Crippen LogP contribution in [0.25, 0.3) is 0 Å². The lowest BCUT2D eigenvalue weighted by Crippen LogP contribution is -2.25. The van der Waals surface area contributed by atoms with Crippen molar-refractivity contribution in [3.8, 4) is 0 Å². The van der Waals surface area contributed by atoms with Gasteiger partial charge in [0.15, 0.2) is 0 Å². The van der Waals surface area contributed by atoms with Crippen LogP contribution in [0.1, 0.15) is 37.2 Å². The highest BCUT2D eigenvalue weighted by atomic mass is 32.2. The molecule has 144 valence electrons. The summed E-state index contributed by atoms with van der Waals surface area (Å²) in [4.78, 5) is 6.33. The van der Waals surface area contributed by atoms with Gasteiger partial charge in [-0.2, -0.15) is 0 Å². The summed E-state index contributed by atoms with van der Waals surface area (Å²) in [6.45, 7) is 3.46. The molecule has 8 nitrogen and oxygen atoms in total. The molecule has 3 rings (SSSR count). The average molecular weight is 382 g/mol. The van der Waals surface area contributed by atoms with Crippen LogP contribution in [0, 0.1) is 5.92 Å². The summed E-state index contributed by atoms with van der Waals surface area (Å²) in [6.07, 6.45) is 5.18. The summed E-state index contributed by atoms with van der Waals surface area (Å²) in [6, 6.07) is 1.86. The van der Waals surface area contributed by atoms with Crippen molar-refractivity contribution in [1.29, 1.82) is 0 Å². The number of rotatable bonds is 10. The second-order valence-corrected chi connectivity index (χ2v) is 8.84. The molecular weight excluding hydrogens is 356 g/mol. The van der Waals surface area contributed by atoms with Gasteiger partial charge in [0.1, 0.15) is 12.0 Å². The molecule has 2 aromatic rings. The lowest BCUT2D eigenvalue weighted by molar-refractivity contribution is 0.180. The van der Waals surface area contributed by atoms with Gasteiger partial charge in [-0.15, -0.1) is 0 Å². The Balaban J connectivity index is 1.81. The van der Waals surface area contributed by atoms with Crippen LogP contribution in [0.5, 0.6) is 0 Å². The smallest absolute Gasteiger partial charge is 0.227 e. The molecule has 0 amide bonds. The summed E-state index contributed by atoms with van der Waals surface area (Å²) in [5.74, 6) is 0.465. The first-order chi connectivity index (χ1) is 12.4. The fraction of sp³-hybridized carbons (Fsp3) is 0.647. The van der Waals surface area contributed by atoms with Gasteiger partial charge < -0.3 is 13.8 Å². The Morgan fingerprint density at radius 2 is 2.23 bits per heavy atom. The minimum atomic E-state index is -3.39. The van der Waals surface area contributed by atoms with E-state index in [0.29, 0.717) is 19.7 Å². The third kappa shape index (κ3) is 4.33. The van der Waals surface area contributed by atoms with Crippen molar-refractivity contribution in [2.45, 2.75) is 44.1 Å². The zero-order chi connectivity index (χ0) is 18.7. The van der Waals surface area contributed by atoms with Gasteiger partial charge >= 0.3 is 0 Å². The molecule has 0 radical (unpaired) electrons. The molecule has 0 N–H and O–H groups in total. The van der Waals surface area contributed by atoms with Crippen molar-refractivity contribution in [3.05, 3.63) is 29.9 Å². The molecule has 1 fully saturated rings. The Labute approximate surface area is 154 Å². The number of hydrogen-bond donors (Lipinski definition) is 0. The van der Waals surface area contributed by atoms with Crippen LogP contribution in [-0.4, -0.2) is 54.5 Å². The molecule has 2 aromatic heterocycles. The van der Waals surface area contributed by atoms with E-state index in [1.54, 1.807) is 24.1 Å². The Morgan fingerprint density at radius 3 is 2.85 bits per heavy atom. The lowest BCUT2D eigenvalue weighted by atomic mass is 10.2. The van der Waals surface area contributed by atoms with Gasteiger partial charge in [0.25, 0.3) is 0 Å². The molecule has 0 aliphatic heterocycles. The molecule has 26 heavy (non-hydrogen) atoms. The normalized spacial score (nSPS) is 16.3. The Bertz CT molecular complexity index is 812. The molecule has 1 atom stereocenters. The van der Waals surface area contributed by atoms with E-state index in [2.05, 4.69) is 15.0 Å². The van der Waals surface area contributed by atoms with Crippen molar-refractivity contribution in [2.24, 2.45) is 5.92 Å². The van der Waals surface area contributed by atoms with Crippen molar-refractivity contribution in [3.63, 3.8) is 0 Å². The number of imidazole rings is 1. The standard InChI is InChI=1S/C17H26N4O4S/c1-13(16-6-8-25-19-16)20(2)11-15-10-18-17(21(15)7-9-24-3)26(22,23)12-14-4-5-14/h6,8,10,13-14H,4-5,7,9,11-12H2,1-3H3/t13-/m1/s1. The first kappa shape index (κ1) is 19.1. The largest absolute Gasteiger partial charge is 0.383 e. The van der Waals surface area contributed by atoms with E-state index in [1.807, 2.05) is 20.0 Å². The van der Waals surface area contributed by atoms with Gasteiger partial charge in [-0.25, -0.2) is 13.4 Å². The zero-order valence-corrected chi connectivity index (χ0v) is 16.3. The van der Waals surface area contributed by atoms with E-state index >= 15 is 0 Å². The number of sulfone groups is 1. The summed E-state index contributed by atoms with van der Waals surface area (Å²) < 4.78 is 37.3. The maximum Gasteiger partial charge on any atom is 0.227 e. The zero-order valence-electron chi connectivity index (χ0n) is 15.5. The first-order valence-electron chi connectivity index (χ1n) is 8.79. The molecule has 0 bridgehead atoms. The predicted molar refractivity (Wildman–Crippen MR) is 95.3 cm³/mol. The van der Waals surface area contributed by atoms with Gasteiger partial charge in [-0.1, -0.05) is 5.16 Å². The minimum Gasteiger partial charge on any atom is -0.383 e. The van der Waals surface area contributed by atoms with Gasteiger partial charge in [0.2, 0.25) is 15.0 Å². The van der Waals surface area contributed by atoms with Crippen LogP contribution in [0.3, 0.4) is 0 Å². The number of ether oxygens (including phenoxy) is 1. The molecule has 1 aliphatic rings. The van der Waals surface area contributed by atoms with Crippen molar-refractivity contribution in [2.75, 3.05) is 26.5 Å². The fourth-order valence-electron chi connectivity index (χ4n) is 2.91. The summed E-state index contributed by atoms with van der Waals surface area (Å²) in [7, 11) is 0.182. The summed E-state index contributed by atoms with van der Waals surface area (Å²) in [5, 5.41) is 4.13. The van der Waals surface area contributed by atoms with Crippen LogP contribution in [0.4, 0.5) is 0 Å². The van der Waals surface area contributed by atoms with Crippen molar-refractivity contribution >= 4 is 9.84 Å². The molecule has 0 saturated heterocycles. The van der Waals surface area contributed by atoms with Crippen LogP contribution in [-0.2, 0) is 27.7 Å².